The summed E-state index contributed by atoms with van der Waals surface area (Å²) in [4.78, 5) is 16.0. The Bertz CT molecular complexity index is 334. The molecular formula is C14H24N2O3. The van der Waals surface area contributed by atoms with Crippen LogP contribution in [0.4, 0.5) is 4.79 Å². The second kappa shape index (κ2) is 5.29. The van der Waals surface area contributed by atoms with Crippen LogP contribution in [0, 0.1) is 0 Å². The number of hydrogen-bond acceptors (Lipinski definition) is 4. The highest BCUT2D eigenvalue weighted by Crippen LogP contribution is 2.33. The molecule has 3 aliphatic rings. The molecule has 5 heteroatoms. The second-order valence-electron chi connectivity index (χ2n) is 6.00. The van der Waals surface area contributed by atoms with Crippen LogP contribution in [0.5, 0.6) is 0 Å². The molecule has 0 bridgehead atoms. The van der Waals surface area contributed by atoms with Gasteiger partial charge in [0.25, 0.3) is 0 Å². The lowest BCUT2D eigenvalue weighted by Gasteiger charge is -2.38. The molecule has 1 spiro atoms. The van der Waals surface area contributed by atoms with Crippen molar-refractivity contribution < 1.29 is 14.3 Å². The maximum atomic E-state index is 11.7. The summed E-state index contributed by atoms with van der Waals surface area (Å²) in [7, 11) is 0. The number of carbonyl (C=O) groups is 1. The van der Waals surface area contributed by atoms with E-state index in [0.29, 0.717) is 6.10 Å². The summed E-state index contributed by atoms with van der Waals surface area (Å²) in [5.74, 6) is 0. The fourth-order valence-electron chi connectivity index (χ4n) is 3.41. The summed E-state index contributed by atoms with van der Waals surface area (Å²) >= 11 is 0. The van der Waals surface area contributed by atoms with E-state index in [1.165, 1.54) is 12.8 Å². The zero-order valence-electron chi connectivity index (χ0n) is 11.8. The van der Waals surface area contributed by atoms with Crippen LogP contribution in [0.1, 0.15) is 32.6 Å². The van der Waals surface area contributed by atoms with E-state index in [1.54, 1.807) is 0 Å². The number of hydrogen-bond donors (Lipinski definition) is 0. The zero-order chi connectivity index (χ0) is 13.3. The van der Waals surface area contributed by atoms with Crippen molar-refractivity contribution >= 4 is 6.09 Å². The van der Waals surface area contributed by atoms with Crippen LogP contribution in [0.25, 0.3) is 0 Å². The molecule has 3 heterocycles. The Hall–Kier alpha value is -0.810. The molecule has 3 fully saturated rings. The summed E-state index contributed by atoms with van der Waals surface area (Å²) in [6, 6.07) is 0. The Morgan fingerprint density at radius 3 is 2.74 bits per heavy atom. The molecule has 0 aromatic rings. The van der Waals surface area contributed by atoms with Gasteiger partial charge in [-0.05, 0) is 19.8 Å². The number of piperidine rings is 1. The number of likely N-dealkylation sites (N-methyl/N-ethyl adjacent to an activating group) is 1. The van der Waals surface area contributed by atoms with Gasteiger partial charge in [-0.2, -0.15) is 0 Å². The monoisotopic (exact) mass is 268 g/mol. The van der Waals surface area contributed by atoms with Crippen LogP contribution >= 0.6 is 0 Å². The van der Waals surface area contributed by atoms with Gasteiger partial charge in [-0.1, -0.05) is 0 Å². The summed E-state index contributed by atoms with van der Waals surface area (Å²) in [5.41, 5.74) is -0.208. The van der Waals surface area contributed by atoms with Crippen LogP contribution in [-0.4, -0.2) is 66.9 Å². The standard InChI is InChI=1S/C14H24N2O3/c1-2-16-11-14(19-13(16)17)5-7-15(8-6-14)10-12-4-3-9-18-12/h12H,2-11H2,1H3/t12-/m0/s1. The molecule has 3 saturated heterocycles. The van der Waals surface area contributed by atoms with Crippen molar-refractivity contribution in [2.75, 3.05) is 39.3 Å². The molecule has 0 N–H and O–H groups in total. The zero-order valence-corrected chi connectivity index (χ0v) is 11.8. The predicted molar refractivity (Wildman–Crippen MR) is 71.1 cm³/mol. The maximum absolute atomic E-state index is 11.7. The molecule has 1 amide bonds. The topological polar surface area (TPSA) is 42.0 Å². The van der Waals surface area contributed by atoms with E-state index in [2.05, 4.69) is 4.90 Å². The van der Waals surface area contributed by atoms with Gasteiger partial charge in [0.05, 0.1) is 12.6 Å². The number of carbonyl (C=O) groups excluding carboxylic acids is 1. The lowest BCUT2D eigenvalue weighted by atomic mass is 9.91. The number of rotatable bonds is 3. The summed E-state index contributed by atoms with van der Waals surface area (Å²) in [6.07, 6.45) is 4.61. The van der Waals surface area contributed by atoms with Crippen molar-refractivity contribution in [2.45, 2.75) is 44.3 Å². The molecule has 0 saturated carbocycles. The summed E-state index contributed by atoms with van der Waals surface area (Å²) in [6.45, 7) is 7.53. The lowest BCUT2D eigenvalue weighted by molar-refractivity contribution is -0.0130. The number of amides is 1. The summed E-state index contributed by atoms with van der Waals surface area (Å²) in [5, 5.41) is 0. The smallest absolute Gasteiger partial charge is 0.410 e. The predicted octanol–water partition coefficient (Wildman–Crippen LogP) is 1.47. The van der Waals surface area contributed by atoms with Gasteiger partial charge in [0, 0.05) is 45.6 Å². The minimum atomic E-state index is -0.208. The molecule has 5 nitrogen and oxygen atoms in total. The molecule has 0 radical (unpaired) electrons. The van der Waals surface area contributed by atoms with Crippen molar-refractivity contribution in [2.24, 2.45) is 0 Å². The first-order valence-corrected chi connectivity index (χ1v) is 7.53. The third-order valence-electron chi connectivity index (χ3n) is 4.68. The van der Waals surface area contributed by atoms with E-state index in [0.717, 1.165) is 52.2 Å². The van der Waals surface area contributed by atoms with E-state index >= 15 is 0 Å². The number of ether oxygens (including phenoxy) is 2. The van der Waals surface area contributed by atoms with Gasteiger partial charge in [0.2, 0.25) is 0 Å². The van der Waals surface area contributed by atoms with Gasteiger partial charge in [0.15, 0.2) is 0 Å². The van der Waals surface area contributed by atoms with Gasteiger partial charge in [-0.15, -0.1) is 0 Å². The van der Waals surface area contributed by atoms with E-state index < -0.39 is 0 Å². The first-order valence-electron chi connectivity index (χ1n) is 7.53. The van der Waals surface area contributed by atoms with Gasteiger partial charge in [-0.25, -0.2) is 4.79 Å². The van der Waals surface area contributed by atoms with Crippen LogP contribution in [-0.2, 0) is 9.47 Å². The SMILES string of the molecule is CCN1CC2(CCN(C[C@@H]3CCCO3)CC2)OC1=O. The Kier molecular flexibility index (Phi) is 3.67. The summed E-state index contributed by atoms with van der Waals surface area (Å²) < 4.78 is 11.3. The van der Waals surface area contributed by atoms with Gasteiger partial charge >= 0.3 is 6.09 Å². The average Bonchev–Trinajstić information content (AvgIpc) is 3.01. The first-order chi connectivity index (χ1) is 9.21. The molecule has 0 aromatic carbocycles. The van der Waals surface area contributed by atoms with E-state index in [9.17, 15) is 4.79 Å². The van der Waals surface area contributed by atoms with Crippen LogP contribution < -0.4 is 0 Å². The maximum Gasteiger partial charge on any atom is 0.410 e. The quantitative estimate of drug-likeness (QED) is 0.777. The van der Waals surface area contributed by atoms with Crippen molar-refractivity contribution in [3.63, 3.8) is 0 Å². The highest BCUT2D eigenvalue weighted by atomic mass is 16.6. The largest absolute Gasteiger partial charge is 0.441 e. The Labute approximate surface area is 114 Å². The molecule has 0 unspecified atom stereocenters. The van der Waals surface area contributed by atoms with E-state index in [1.807, 2.05) is 11.8 Å². The van der Waals surface area contributed by atoms with Crippen LogP contribution in [0.2, 0.25) is 0 Å². The molecule has 0 aromatic heterocycles. The second-order valence-corrected chi connectivity index (χ2v) is 6.00. The molecule has 3 aliphatic heterocycles. The fraction of sp³-hybridized carbons (Fsp3) is 0.929. The first kappa shape index (κ1) is 13.2. The third kappa shape index (κ3) is 2.72. The van der Waals surface area contributed by atoms with Crippen LogP contribution in [0.3, 0.4) is 0 Å². The molecule has 0 aliphatic carbocycles. The third-order valence-corrected chi connectivity index (χ3v) is 4.68. The molecule has 1 atom stereocenters. The molecular weight excluding hydrogens is 244 g/mol. The minimum absolute atomic E-state index is 0.130. The fourth-order valence-corrected chi connectivity index (χ4v) is 3.41. The van der Waals surface area contributed by atoms with Crippen molar-refractivity contribution in [3.05, 3.63) is 0 Å². The molecule has 108 valence electrons. The highest BCUT2D eigenvalue weighted by Gasteiger charge is 2.46. The highest BCUT2D eigenvalue weighted by molar-refractivity contribution is 5.70. The number of nitrogens with zero attached hydrogens (tertiary/aromatic N) is 2. The Morgan fingerprint density at radius 1 is 1.37 bits per heavy atom. The Morgan fingerprint density at radius 2 is 2.16 bits per heavy atom. The van der Waals surface area contributed by atoms with E-state index in [-0.39, 0.29) is 11.7 Å². The van der Waals surface area contributed by atoms with Gasteiger partial charge in [0.1, 0.15) is 5.60 Å². The molecule has 19 heavy (non-hydrogen) atoms. The van der Waals surface area contributed by atoms with Gasteiger partial charge < -0.3 is 19.3 Å². The average molecular weight is 268 g/mol. The van der Waals surface area contributed by atoms with Crippen molar-refractivity contribution in [1.29, 1.82) is 0 Å². The van der Waals surface area contributed by atoms with E-state index in [4.69, 9.17) is 9.47 Å². The molecule has 3 rings (SSSR count). The van der Waals surface area contributed by atoms with Crippen LogP contribution in [0.15, 0.2) is 0 Å². The minimum Gasteiger partial charge on any atom is -0.441 e. The lowest BCUT2D eigenvalue weighted by Crippen LogP contribution is -2.48. The Balaban J connectivity index is 1.50. The number of likely N-dealkylation sites (tertiary alicyclic amines) is 1. The van der Waals surface area contributed by atoms with Crippen molar-refractivity contribution in [1.82, 2.24) is 9.80 Å². The van der Waals surface area contributed by atoms with Gasteiger partial charge in [-0.3, -0.25) is 0 Å². The normalized spacial score (nSPS) is 31.1. The van der Waals surface area contributed by atoms with Crippen molar-refractivity contribution in [3.8, 4) is 0 Å².